The van der Waals surface area contributed by atoms with Crippen LogP contribution >= 0.6 is 0 Å². The SMILES string of the molecule is CNC(C)(C)C(=O)N1CCCC(CNS(C)(=O)=O)C1. The van der Waals surface area contributed by atoms with Gasteiger partial charge >= 0.3 is 0 Å². The van der Waals surface area contributed by atoms with Gasteiger partial charge in [0.05, 0.1) is 11.8 Å². The van der Waals surface area contributed by atoms with E-state index in [0.29, 0.717) is 13.1 Å². The van der Waals surface area contributed by atoms with E-state index in [2.05, 4.69) is 10.0 Å². The Labute approximate surface area is 116 Å². The van der Waals surface area contributed by atoms with Crippen molar-refractivity contribution in [1.82, 2.24) is 14.9 Å². The summed E-state index contributed by atoms with van der Waals surface area (Å²) in [7, 11) is -1.39. The Balaban J connectivity index is 2.57. The van der Waals surface area contributed by atoms with Crippen LogP contribution in [0.2, 0.25) is 0 Å². The van der Waals surface area contributed by atoms with Crippen LogP contribution in [-0.4, -0.2) is 57.7 Å². The van der Waals surface area contributed by atoms with Crippen LogP contribution in [0.25, 0.3) is 0 Å². The van der Waals surface area contributed by atoms with Crippen LogP contribution in [0.4, 0.5) is 0 Å². The topological polar surface area (TPSA) is 78.5 Å². The van der Waals surface area contributed by atoms with Gasteiger partial charge in [0.25, 0.3) is 0 Å². The van der Waals surface area contributed by atoms with Gasteiger partial charge in [-0.25, -0.2) is 13.1 Å². The average molecular weight is 291 g/mol. The van der Waals surface area contributed by atoms with Gasteiger partial charge in [0, 0.05) is 19.6 Å². The molecule has 112 valence electrons. The van der Waals surface area contributed by atoms with Crippen molar-refractivity contribution in [1.29, 1.82) is 0 Å². The Morgan fingerprint density at radius 2 is 2.05 bits per heavy atom. The molecular weight excluding hydrogens is 266 g/mol. The van der Waals surface area contributed by atoms with E-state index in [1.54, 1.807) is 7.05 Å². The lowest BCUT2D eigenvalue weighted by atomic mass is 9.95. The molecule has 19 heavy (non-hydrogen) atoms. The quantitative estimate of drug-likeness (QED) is 0.733. The molecule has 0 aromatic heterocycles. The molecular formula is C12H25N3O3S. The van der Waals surface area contributed by atoms with E-state index in [1.165, 1.54) is 0 Å². The number of hydrogen-bond donors (Lipinski definition) is 2. The standard InChI is InChI=1S/C12H25N3O3S/c1-12(2,13-3)11(16)15-7-5-6-10(9-15)8-14-19(4,17)18/h10,13-14H,5-9H2,1-4H3. The molecule has 1 unspecified atom stereocenters. The average Bonchev–Trinajstić information content (AvgIpc) is 2.35. The minimum absolute atomic E-state index is 0.0686. The molecule has 0 aliphatic carbocycles. The molecule has 6 nitrogen and oxygen atoms in total. The summed E-state index contributed by atoms with van der Waals surface area (Å²) in [6, 6.07) is 0. The Bertz CT molecular complexity index is 420. The van der Waals surface area contributed by atoms with Crippen LogP contribution in [0.15, 0.2) is 0 Å². The molecule has 0 bridgehead atoms. The van der Waals surface area contributed by atoms with E-state index >= 15 is 0 Å². The van der Waals surface area contributed by atoms with Gasteiger partial charge in [-0.1, -0.05) is 0 Å². The van der Waals surface area contributed by atoms with Crippen molar-refractivity contribution < 1.29 is 13.2 Å². The van der Waals surface area contributed by atoms with E-state index in [4.69, 9.17) is 0 Å². The van der Waals surface area contributed by atoms with E-state index in [1.807, 2.05) is 18.7 Å². The largest absolute Gasteiger partial charge is 0.341 e. The number of sulfonamides is 1. The van der Waals surface area contributed by atoms with Crippen LogP contribution in [0, 0.1) is 5.92 Å². The molecule has 0 aromatic rings. The fourth-order valence-corrected chi connectivity index (χ4v) is 2.73. The van der Waals surface area contributed by atoms with Crippen molar-refractivity contribution >= 4 is 15.9 Å². The summed E-state index contributed by atoms with van der Waals surface area (Å²) in [5, 5.41) is 3.01. The first-order chi connectivity index (χ1) is 8.65. The number of hydrogen-bond acceptors (Lipinski definition) is 4. The third-order valence-corrected chi connectivity index (χ3v) is 4.29. The molecule has 0 saturated carbocycles. The molecule has 1 fully saturated rings. The molecule has 0 radical (unpaired) electrons. The third kappa shape index (κ3) is 5.08. The van der Waals surface area contributed by atoms with Crippen LogP contribution in [0.5, 0.6) is 0 Å². The van der Waals surface area contributed by atoms with Crippen LogP contribution in [0.1, 0.15) is 26.7 Å². The van der Waals surface area contributed by atoms with Gasteiger partial charge in [0.2, 0.25) is 15.9 Å². The van der Waals surface area contributed by atoms with Gasteiger partial charge in [-0.2, -0.15) is 0 Å². The zero-order chi connectivity index (χ0) is 14.7. The highest BCUT2D eigenvalue weighted by Gasteiger charge is 2.33. The first-order valence-corrected chi connectivity index (χ1v) is 8.48. The second-order valence-electron chi connectivity index (χ2n) is 5.76. The predicted octanol–water partition coefficient (Wildman–Crippen LogP) is -0.228. The van der Waals surface area contributed by atoms with Crippen molar-refractivity contribution in [3.63, 3.8) is 0 Å². The van der Waals surface area contributed by atoms with Gasteiger partial charge in [-0.3, -0.25) is 4.79 Å². The highest BCUT2D eigenvalue weighted by atomic mass is 32.2. The van der Waals surface area contributed by atoms with Crippen molar-refractivity contribution in [3.8, 4) is 0 Å². The van der Waals surface area contributed by atoms with Crippen LogP contribution in [-0.2, 0) is 14.8 Å². The van der Waals surface area contributed by atoms with E-state index < -0.39 is 15.6 Å². The van der Waals surface area contributed by atoms with Gasteiger partial charge in [-0.05, 0) is 39.7 Å². The van der Waals surface area contributed by atoms with Crippen molar-refractivity contribution in [2.75, 3.05) is 32.9 Å². The molecule has 1 amide bonds. The van der Waals surface area contributed by atoms with E-state index in [9.17, 15) is 13.2 Å². The summed E-state index contributed by atoms with van der Waals surface area (Å²) in [5.41, 5.74) is -0.577. The normalized spacial score (nSPS) is 21.5. The first kappa shape index (κ1) is 16.4. The number of likely N-dealkylation sites (tertiary alicyclic amines) is 1. The Hall–Kier alpha value is -0.660. The Morgan fingerprint density at radius 1 is 1.42 bits per heavy atom. The Kier molecular flexibility index (Phi) is 5.34. The summed E-state index contributed by atoms with van der Waals surface area (Å²) >= 11 is 0. The maximum Gasteiger partial charge on any atom is 0.242 e. The number of amides is 1. The lowest BCUT2D eigenvalue weighted by Gasteiger charge is -2.37. The minimum Gasteiger partial charge on any atom is -0.341 e. The molecule has 1 saturated heterocycles. The van der Waals surface area contributed by atoms with E-state index in [-0.39, 0.29) is 11.8 Å². The van der Waals surface area contributed by atoms with Gasteiger partial charge in [0.15, 0.2) is 0 Å². The number of nitrogens with one attached hydrogen (secondary N) is 2. The third-order valence-electron chi connectivity index (χ3n) is 3.60. The molecule has 2 N–H and O–H groups in total. The fraction of sp³-hybridized carbons (Fsp3) is 0.917. The Morgan fingerprint density at radius 3 is 2.58 bits per heavy atom. The summed E-state index contributed by atoms with van der Waals surface area (Å²) < 4.78 is 24.7. The molecule has 1 atom stereocenters. The van der Waals surface area contributed by atoms with Crippen molar-refractivity contribution in [3.05, 3.63) is 0 Å². The zero-order valence-corrected chi connectivity index (χ0v) is 13.0. The molecule has 1 heterocycles. The minimum atomic E-state index is -3.16. The van der Waals surface area contributed by atoms with Gasteiger partial charge in [0.1, 0.15) is 0 Å². The summed E-state index contributed by atoms with van der Waals surface area (Å²) in [6.45, 7) is 5.48. The molecule has 1 aliphatic heterocycles. The monoisotopic (exact) mass is 291 g/mol. The molecule has 0 spiro atoms. The zero-order valence-electron chi connectivity index (χ0n) is 12.2. The van der Waals surface area contributed by atoms with Gasteiger partial charge in [-0.15, -0.1) is 0 Å². The number of rotatable bonds is 5. The predicted molar refractivity (Wildman–Crippen MR) is 75.3 cm³/mol. The maximum absolute atomic E-state index is 12.3. The molecule has 1 aliphatic rings. The lowest BCUT2D eigenvalue weighted by molar-refractivity contribution is -0.138. The molecule has 7 heteroatoms. The van der Waals surface area contributed by atoms with Crippen LogP contribution < -0.4 is 10.0 Å². The van der Waals surface area contributed by atoms with Crippen molar-refractivity contribution in [2.45, 2.75) is 32.2 Å². The smallest absolute Gasteiger partial charge is 0.242 e. The van der Waals surface area contributed by atoms with Crippen LogP contribution in [0.3, 0.4) is 0 Å². The molecule has 0 aromatic carbocycles. The highest BCUT2D eigenvalue weighted by molar-refractivity contribution is 7.88. The van der Waals surface area contributed by atoms with E-state index in [0.717, 1.165) is 25.6 Å². The van der Waals surface area contributed by atoms with Gasteiger partial charge < -0.3 is 10.2 Å². The second-order valence-corrected chi connectivity index (χ2v) is 7.59. The number of piperidine rings is 1. The summed E-state index contributed by atoms with van der Waals surface area (Å²) in [5.74, 6) is 0.263. The number of carbonyl (C=O) groups excluding carboxylic acids is 1. The number of likely N-dealkylation sites (N-methyl/N-ethyl adjacent to an activating group) is 1. The highest BCUT2D eigenvalue weighted by Crippen LogP contribution is 2.19. The number of carbonyl (C=O) groups is 1. The summed E-state index contributed by atoms with van der Waals surface area (Å²) in [6.07, 6.45) is 3.02. The lowest BCUT2D eigenvalue weighted by Crippen LogP contribution is -2.55. The maximum atomic E-state index is 12.3. The second kappa shape index (κ2) is 6.19. The number of nitrogens with zero attached hydrogens (tertiary/aromatic N) is 1. The molecule has 1 rings (SSSR count). The first-order valence-electron chi connectivity index (χ1n) is 6.58. The summed E-state index contributed by atoms with van der Waals surface area (Å²) in [4.78, 5) is 14.2. The van der Waals surface area contributed by atoms with Crippen molar-refractivity contribution in [2.24, 2.45) is 5.92 Å². The fourth-order valence-electron chi connectivity index (χ4n) is 2.19.